The molecule has 0 aliphatic carbocycles. The normalized spacial score (nSPS) is 8.00. The lowest BCUT2D eigenvalue weighted by atomic mass is 10.6. The van der Waals surface area contributed by atoms with E-state index in [2.05, 4.69) is 46.2 Å². The molecular weight excluding hydrogens is 145 g/mol. The first kappa shape index (κ1) is 16.5. The first-order valence-electron chi connectivity index (χ1n) is 2.98. The maximum absolute atomic E-state index is 2.66. The maximum atomic E-state index is 2.66. The minimum atomic E-state index is 0. The average Bonchev–Trinajstić information content (AvgIpc) is 1.25. The van der Waals surface area contributed by atoms with Crippen LogP contribution in [-0.2, 0) is 0 Å². The van der Waals surface area contributed by atoms with Crippen molar-refractivity contribution in [2.75, 3.05) is 0 Å². The predicted molar refractivity (Wildman–Crippen MR) is 59.6 cm³/mol. The first-order chi connectivity index (χ1) is 3.46. The van der Waals surface area contributed by atoms with E-state index in [0.29, 0.717) is 0 Å². The summed E-state index contributed by atoms with van der Waals surface area (Å²) in [5, 5.41) is 0. The lowest BCUT2D eigenvalue weighted by molar-refractivity contribution is 1.12. The van der Waals surface area contributed by atoms with Gasteiger partial charge in [-0.2, -0.15) is 0 Å². The molecule has 0 rings (SSSR count). The van der Waals surface area contributed by atoms with Crippen LogP contribution in [0.15, 0.2) is 0 Å². The van der Waals surface area contributed by atoms with Crippen LogP contribution in [0.3, 0.4) is 0 Å². The van der Waals surface area contributed by atoms with E-state index in [9.17, 15) is 0 Å². The minimum Gasteiger partial charge on any atom is -0.135 e. The molecule has 0 aromatic heterocycles. The zero-order chi connectivity index (χ0) is 7.15. The third-order valence-corrected chi connectivity index (χ3v) is 0. The summed E-state index contributed by atoms with van der Waals surface area (Å²) in [6, 6.07) is 0. The van der Waals surface area contributed by atoms with Gasteiger partial charge in [0, 0.05) is 0 Å². The maximum Gasteiger partial charge on any atom is 0.0814 e. The number of hydrogen-bond donors (Lipinski definition) is 0. The largest absolute Gasteiger partial charge is 0.135 e. The van der Waals surface area contributed by atoms with E-state index >= 15 is 0 Å². The summed E-state index contributed by atoms with van der Waals surface area (Å²) in [4.78, 5) is 0. The highest BCUT2D eigenvalue weighted by molar-refractivity contribution is 7.17. The molecule has 0 aliphatic rings. The molecule has 2 unspecified atom stereocenters. The van der Waals surface area contributed by atoms with E-state index in [1.54, 1.807) is 0 Å². The summed E-state index contributed by atoms with van der Waals surface area (Å²) >= 11 is 0. The molecule has 0 N–H and O–H groups in total. The molecule has 0 amide bonds. The Morgan fingerprint density at radius 2 is 0.778 bits per heavy atom. The topological polar surface area (TPSA) is 0 Å². The van der Waals surface area contributed by atoms with Gasteiger partial charge in [-0.15, -0.1) is 18.5 Å². The van der Waals surface area contributed by atoms with Crippen molar-refractivity contribution in [3.63, 3.8) is 0 Å². The molecule has 3 heteroatoms. The molecule has 0 radical (unpaired) electrons. The molecule has 0 spiro atoms. The number of rotatable bonds is 0. The fraction of sp³-hybridized carbons (Fsp3) is 1.00. The zero-order valence-electron chi connectivity index (χ0n) is 6.31. The van der Waals surface area contributed by atoms with E-state index in [1.165, 1.54) is 0 Å². The van der Waals surface area contributed by atoms with Crippen LogP contribution in [0.1, 0.15) is 27.7 Å². The van der Waals surface area contributed by atoms with Crippen molar-refractivity contribution in [2.24, 2.45) is 0 Å². The summed E-state index contributed by atoms with van der Waals surface area (Å²) in [6.45, 7) is 8.52. The van der Waals surface area contributed by atoms with E-state index in [1.807, 2.05) is 0 Å². The fourth-order valence-electron chi connectivity index (χ4n) is 0. The van der Waals surface area contributed by atoms with Crippen molar-refractivity contribution in [1.29, 1.82) is 0 Å². The molecule has 0 nitrogen and oxygen atoms in total. The molecule has 2 atom stereocenters. The van der Waals surface area contributed by atoms with Crippen molar-refractivity contribution < 1.29 is 0 Å². The van der Waals surface area contributed by atoms with Gasteiger partial charge in [0.05, 0.1) is 8.41 Å². The quantitative estimate of drug-likeness (QED) is 0.376. The van der Waals surface area contributed by atoms with Gasteiger partial charge in [-0.3, -0.25) is 0 Å². The molecular formula is C6H21BP2. The Hall–Kier alpha value is 0.925. The summed E-state index contributed by atoms with van der Waals surface area (Å²) in [5.41, 5.74) is 1.50. The summed E-state index contributed by atoms with van der Waals surface area (Å²) in [6.07, 6.45) is 0. The van der Waals surface area contributed by atoms with Crippen LogP contribution >= 0.6 is 18.5 Å². The van der Waals surface area contributed by atoms with Crippen molar-refractivity contribution in [2.45, 2.75) is 39.0 Å². The molecule has 0 heterocycles. The SMILES string of the molecule is B.CC(C)P.CC(C)P. The molecule has 0 saturated heterocycles. The Morgan fingerprint density at radius 1 is 0.778 bits per heavy atom. The molecule has 0 aromatic rings. The zero-order valence-corrected chi connectivity index (χ0v) is 8.62. The van der Waals surface area contributed by atoms with E-state index in [4.69, 9.17) is 0 Å². The monoisotopic (exact) mass is 166 g/mol. The smallest absolute Gasteiger partial charge is 0.0814 e. The van der Waals surface area contributed by atoms with Crippen molar-refractivity contribution in [1.82, 2.24) is 0 Å². The summed E-state index contributed by atoms with van der Waals surface area (Å²) < 4.78 is 0. The molecule has 0 bridgehead atoms. The van der Waals surface area contributed by atoms with Crippen molar-refractivity contribution >= 4 is 26.9 Å². The second kappa shape index (κ2) is 11.7. The highest BCUT2D eigenvalue weighted by Gasteiger charge is 1.68. The van der Waals surface area contributed by atoms with Crippen LogP contribution in [-0.4, -0.2) is 19.7 Å². The Balaban J connectivity index is -0.0000000720. The Bertz CT molecular complexity index is 26.5. The van der Waals surface area contributed by atoms with E-state index in [-0.39, 0.29) is 8.41 Å². The second-order valence-corrected chi connectivity index (χ2v) is 5.15. The Labute approximate surface area is 66.6 Å². The molecule has 0 fully saturated rings. The van der Waals surface area contributed by atoms with Gasteiger partial charge in [-0.1, -0.05) is 27.7 Å². The lowest BCUT2D eigenvalue weighted by Gasteiger charge is -1.79. The molecule has 0 saturated carbocycles. The fourth-order valence-corrected chi connectivity index (χ4v) is 0. The van der Waals surface area contributed by atoms with E-state index in [0.717, 1.165) is 11.3 Å². The second-order valence-electron chi connectivity index (χ2n) is 2.49. The average molecular weight is 166 g/mol. The van der Waals surface area contributed by atoms with Gasteiger partial charge in [0.15, 0.2) is 0 Å². The molecule has 0 aromatic carbocycles. The van der Waals surface area contributed by atoms with Crippen LogP contribution in [0.25, 0.3) is 0 Å². The van der Waals surface area contributed by atoms with Gasteiger partial charge in [0.1, 0.15) is 0 Å². The summed E-state index contributed by atoms with van der Waals surface area (Å²) in [7, 11) is 5.31. The number of hydrogen-bond acceptors (Lipinski definition) is 0. The van der Waals surface area contributed by atoms with Crippen LogP contribution in [0.4, 0.5) is 0 Å². The third kappa shape index (κ3) is 500. The highest BCUT2D eigenvalue weighted by Crippen LogP contribution is 1.90. The molecule has 0 aliphatic heterocycles. The van der Waals surface area contributed by atoms with Crippen molar-refractivity contribution in [3.05, 3.63) is 0 Å². The van der Waals surface area contributed by atoms with Gasteiger partial charge >= 0.3 is 0 Å². The van der Waals surface area contributed by atoms with E-state index < -0.39 is 0 Å². The Morgan fingerprint density at radius 3 is 0.778 bits per heavy atom. The molecule has 9 heavy (non-hydrogen) atoms. The third-order valence-electron chi connectivity index (χ3n) is 0. The first-order valence-corrected chi connectivity index (χ1v) is 4.31. The van der Waals surface area contributed by atoms with Gasteiger partial charge in [-0.25, -0.2) is 0 Å². The van der Waals surface area contributed by atoms with Gasteiger partial charge in [-0.05, 0) is 11.3 Å². The van der Waals surface area contributed by atoms with Crippen LogP contribution in [0.2, 0.25) is 0 Å². The van der Waals surface area contributed by atoms with Crippen LogP contribution < -0.4 is 0 Å². The van der Waals surface area contributed by atoms with Crippen LogP contribution in [0.5, 0.6) is 0 Å². The van der Waals surface area contributed by atoms with Crippen LogP contribution in [0, 0.1) is 0 Å². The highest BCUT2D eigenvalue weighted by atomic mass is 31.0. The van der Waals surface area contributed by atoms with Gasteiger partial charge in [0.2, 0.25) is 0 Å². The van der Waals surface area contributed by atoms with Crippen molar-refractivity contribution in [3.8, 4) is 0 Å². The lowest BCUT2D eigenvalue weighted by Crippen LogP contribution is -1.69. The van der Waals surface area contributed by atoms with Gasteiger partial charge < -0.3 is 0 Å². The minimum absolute atomic E-state index is 0. The van der Waals surface area contributed by atoms with Gasteiger partial charge in [0.25, 0.3) is 0 Å². The Kier molecular flexibility index (Phi) is 21.4. The standard InChI is InChI=1S/2C3H9P.BH3/c2*1-3(2)4;/h2*3H,4H2,1-2H3;1H3. The predicted octanol–water partition coefficient (Wildman–Crippen LogP) is 1.36. The molecule has 58 valence electrons. The summed E-state index contributed by atoms with van der Waals surface area (Å²) in [5.74, 6) is 0.